The lowest BCUT2D eigenvalue weighted by atomic mass is 9.99. The highest BCUT2D eigenvalue weighted by atomic mass is 16.5. The van der Waals surface area contributed by atoms with E-state index in [-0.39, 0.29) is 0 Å². The van der Waals surface area contributed by atoms with Gasteiger partial charge in [-0.15, -0.1) is 0 Å². The third-order valence-electron chi connectivity index (χ3n) is 5.71. The van der Waals surface area contributed by atoms with Gasteiger partial charge in [-0.1, -0.05) is 0 Å². The van der Waals surface area contributed by atoms with Crippen LogP contribution in [-0.2, 0) is 17.8 Å². The third-order valence-corrected chi connectivity index (χ3v) is 5.71. The summed E-state index contributed by atoms with van der Waals surface area (Å²) in [6, 6.07) is 2.20. The number of rotatable bonds is 4. The zero-order valence-electron chi connectivity index (χ0n) is 14.2. The molecule has 1 atom stereocenters. The summed E-state index contributed by atoms with van der Waals surface area (Å²) in [5, 5.41) is 4.57. The Bertz CT molecular complexity index is 491. The summed E-state index contributed by atoms with van der Waals surface area (Å²) in [5.74, 6) is 1.51. The molecule has 2 saturated heterocycles. The highest BCUT2D eigenvalue weighted by molar-refractivity contribution is 5.02. The van der Waals surface area contributed by atoms with E-state index in [9.17, 15) is 0 Å². The molecule has 5 heteroatoms. The molecule has 4 heterocycles. The Balaban J connectivity index is 1.42. The minimum atomic E-state index is 0.703. The lowest BCUT2D eigenvalue weighted by Crippen LogP contribution is -2.38. The van der Waals surface area contributed by atoms with Crippen LogP contribution in [0.4, 0.5) is 0 Å². The molecule has 1 aromatic heterocycles. The average molecular weight is 318 g/mol. The van der Waals surface area contributed by atoms with Crippen molar-refractivity contribution in [1.29, 1.82) is 0 Å². The number of likely N-dealkylation sites (tertiary alicyclic amines) is 1. The van der Waals surface area contributed by atoms with Crippen molar-refractivity contribution in [3.63, 3.8) is 0 Å². The summed E-state index contributed by atoms with van der Waals surface area (Å²) in [6.07, 6.45) is 7.19. The quantitative estimate of drug-likeness (QED) is 0.848. The molecule has 0 bridgehead atoms. The first-order valence-electron chi connectivity index (χ1n) is 9.40. The number of hydrogen-bond donors (Lipinski definition) is 0. The van der Waals surface area contributed by atoms with Crippen LogP contribution in [0.1, 0.15) is 31.4 Å². The molecule has 3 aliphatic rings. The summed E-state index contributed by atoms with van der Waals surface area (Å²) < 4.78 is 7.78. The molecule has 0 spiro atoms. The van der Waals surface area contributed by atoms with Crippen LogP contribution in [0.5, 0.6) is 0 Å². The van der Waals surface area contributed by atoms with E-state index < -0.39 is 0 Å². The minimum Gasteiger partial charge on any atom is -0.381 e. The van der Waals surface area contributed by atoms with Gasteiger partial charge < -0.3 is 9.64 Å². The second-order valence-corrected chi connectivity index (χ2v) is 7.63. The van der Waals surface area contributed by atoms with E-state index in [2.05, 4.69) is 25.6 Å². The number of ether oxygens (including phenoxy) is 1. The van der Waals surface area contributed by atoms with Crippen molar-refractivity contribution in [2.45, 2.75) is 38.8 Å². The molecule has 0 unspecified atom stereocenters. The van der Waals surface area contributed by atoms with Gasteiger partial charge >= 0.3 is 0 Å². The number of nitrogens with zero attached hydrogens (tertiary/aromatic N) is 4. The molecule has 0 aliphatic carbocycles. The second kappa shape index (κ2) is 7.32. The number of aromatic nitrogens is 2. The predicted molar refractivity (Wildman–Crippen MR) is 90.2 cm³/mol. The molecule has 0 aromatic carbocycles. The maximum atomic E-state index is 5.53. The topological polar surface area (TPSA) is 33.5 Å². The molecule has 0 N–H and O–H groups in total. The van der Waals surface area contributed by atoms with Crippen molar-refractivity contribution in [1.82, 2.24) is 19.6 Å². The van der Waals surface area contributed by atoms with E-state index in [4.69, 9.17) is 4.74 Å². The fourth-order valence-electron chi connectivity index (χ4n) is 4.50. The second-order valence-electron chi connectivity index (χ2n) is 7.63. The lowest BCUT2D eigenvalue weighted by Gasteiger charge is -2.31. The summed E-state index contributed by atoms with van der Waals surface area (Å²) in [6.45, 7) is 10.3. The highest BCUT2D eigenvalue weighted by Crippen LogP contribution is 2.22. The summed E-state index contributed by atoms with van der Waals surface area (Å²) >= 11 is 0. The van der Waals surface area contributed by atoms with E-state index in [0.717, 1.165) is 32.2 Å². The lowest BCUT2D eigenvalue weighted by molar-refractivity contribution is 0.0485. The monoisotopic (exact) mass is 318 g/mol. The Labute approximate surface area is 139 Å². The maximum absolute atomic E-state index is 5.53. The normalized spacial score (nSPS) is 27.9. The molecule has 0 saturated carbocycles. The SMILES string of the molecule is c1cc2n(n1)C[C@@H](CN1CCCC1)CN(CC1CCOCC1)C2. The Morgan fingerprint density at radius 1 is 1.00 bits per heavy atom. The average Bonchev–Trinajstić information content (AvgIpc) is 3.18. The summed E-state index contributed by atoms with van der Waals surface area (Å²) in [5.41, 5.74) is 1.39. The van der Waals surface area contributed by atoms with Crippen molar-refractivity contribution >= 4 is 0 Å². The summed E-state index contributed by atoms with van der Waals surface area (Å²) in [7, 11) is 0. The van der Waals surface area contributed by atoms with E-state index in [1.54, 1.807) is 0 Å². The van der Waals surface area contributed by atoms with Gasteiger partial charge in [0.15, 0.2) is 0 Å². The number of fused-ring (bicyclic) bond motifs is 1. The summed E-state index contributed by atoms with van der Waals surface area (Å²) in [4.78, 5) is 5.35. The molecule has 0 radical (unpaired) electrons. The first kappa shape index (κ1) is 15.6. The Morgan fingerprint density at radius 2 is 1.78 bits per heavy atom. The Kier molecular flexibility index (Phi) is 4.97. The third kappa shape index (κ3) is 3.95. The van der Waals surface area contributed by atoms with Crippen LogP contribution < -0.4 is 0 Å². The van der Waals surface area contributed by atoms with Crippen LogP contribution in [0, 0.1) is 11.8 Å². The van der Waals surface area contributed by atoms with Crippen molar-refractivity contribution in [3.05, 3.63) is 18.0 Å². The highest BCUT2D eigenvalue weighted by Gasteiger charge is 2.27. The van der Waals surface area contributed by atoms with E-state index in [1.807, 2.05) is 6.20 Å². The van der Waals surface area contributed by atoms with Gasteiger partial charge in [0.1, 0.15) is 0 Å². The zero-order valence-corrected chi connectivity index (χ0v) is 14.2. The predicted octanol–water partition coefficient (Wildman–Crippen LogP) is 1.84. The first-order chi connectivity index (χ1) is 11.4. The molecular weight excluding hydrogens is 288 g/mol. The van der Waals surface area contributed by atoms with Crippen LogP contribution in [0.3, 0.4) is 0 Å². The van der Waals surface area contributed by atoms with Gasteiger partial charge in [-0.25, -0.2) is 0 Å². The van der Waals surface area contributed by atoms with Gasteiger partial charge in [-0.2, -0.15) is 5.10 Å². The van der Waals surface area contributed by atoms with Crippen LogP contribution in [0.15, 0.2) is 12.3 Å². The van der Waals surface area contributed by atoms with Gasteiger partial charge in [0.25, 0.3) is 0 Å². The van der Waals surface area contributed by atoms with Crippen LogP contribution in [0.2, 0.25) is 0 Å². The molecule has 4 rings (SSSR count). The molecule has 1 aromatic rings. The van der Waals surface area contributed by atoms with Crippen molar-refractivity contribution in [3.8, 4) is 0 Å². The number of hydrogen-bond acceptors (Lipinski definition) is 4. The Morgan fingerprint density at radius 3 is 2.61 bits per heavy atom. The van der Waals surface area contributed by atoms with Crippen molar-refractivity contribution in [2.75, 3.05) is 45.9 Å². The van der Waals surface area contributed by atoms with Crippen molar-refractivity contribution < 1.29 is 4.74 Å². The largest absolute Gasteiger partial charge is 0.381 e. The van der Waals surface area contributed by atoms with Crippen molar-refractivity contribution in [2.24, 2.45) is 11.8 Å². The Hall–Kier alpha value is -0.910. The van der Waals surface area contributed by atoms with Crippen LogP contribution in [0.25, 0.3) is 0 Å². The van der Waals surface area contributed by atoms with Gasteiger partial charge in [-0.05, 0) is 50.8 Å². The van der Waals surface area contributed by atoms with Crippen LogP contribution in [-0.4, -0.2) is 65.5 Å². The molecule has 0 amide bonds. The minimum absolute atomic E-state index is 0.703. The van der Waals surface area contributed by atoms with Crippen LogP contribution >= 0.6 is 0 Å². The zero-order chi connectivity index (χ0) is 15.5. The molecular formula is C18H30N4O. The molecule has 128 valence electrons. The molecule has 5 nitrogen and oxygen atoms in total. The van der Waals surface area contributed by atoms with Gasteiger partial charge in [0.05, 0.1) is 5.69 Å². The van der Waals surface area contributed by atoms with Gasteiger partial charge in [0.2, 0.25) is 0 Å². The standard InChI is InChI=1S/C18H30N4O/c1-2-8-20(7-1)12-17-13-21(11-16-4-9-23-10-5-16)15-18-3-6-19-22(18)14-17/h3,6,16-17H,1-2,4-5,7-15H2/t17-/m0/s1. The molecule has 23 heavy (non-hydrogen) atoms. The van der Waals surface area contributed by atoms with E-state index in [1.165, 1.54) is 64.1 Å². The van der Waals surface area contributed by atoms with E-state index >= 15 is 0 Å². The smallest absolute Gasteiger partial charge is 0.0524 e. The fraction of sp³-hybridized carbons (Fsp3) is 0.833. The van der Waals surface area contributed by atoms with Gasteiger partial charge in [0, 0.05) is 58.1 Å². The van der Waals surface area contributed by atoms with Gasteiger partial charge in [-0.3, -0.25) is 9.58 Å². The van der Waals surface area contributed by atoms with E-state index in [0.29, 0.717) is 5.92 Å². The fourth-order valence-corrected chi connectivity index (χ4v) is 4.50. The molecule has 3 aliphatic heterocycles. The first-order valence-corrected chi connectivity index (χ1v) is 9.40. The molecule has 2 fully saturated rings. The maximum Gasteiger partial charge on any atom is 0.0524 e.